The maximum atomic E-state index is 14.4. The molecule has 1 aliphatic heterocycles. The first-order chi connectivity index (χ1) is 27.4. The van der Waals surface area contributed by atoms with Gasteiger partial charge in [0, 0.05) is 29.9 Å². The number of unbranched alkanes of at least 4 members (excludes halogenated alkanes) is 11. The molecule has 0 spiro atoms. The van der Waals surface area contributed by atoms with Crippen molar-refractivity contribution in [3.8, 4) is 5.75 Å². The molecule has 2 aromatic rings. The molecule has 1 saturated heterocycles. The summed E-state index contributed by atoms with van der Waals surface area (Å²) in [6.45, 7) is 8.17. The van der Waals surface area contributed by atoms with Gasteiger partial charge in [0.1, 0.15) is 34.1 Å². The Balaban J connectivity index is 1.29. The van der Waals surface area contributed by atoms with Crippen LogP contribution in [0.3, 0.4) is 0 Å². The van der Waals surface area contributed by atoms with Crippen molar-refractivity contribution in [1.29, 1.82) is 0 Å². The van der Waals surface area contributed by atoms with Crippen molar-refractivity contribution in [3.05, 3.63) is 45.9 Å². The number of thiazole rings is 1. The highest BCUT2D eigenvalue weighted by atomic mass is 79.9. The number of hydrogen-bond acceptors (Lipinski definition) is 8. The van der Waals surface area contributed by atoms with E-state index in [9.17, 15) is 19.2 Å². The number of carbonyl (C=O) groups excluding carboxylic acids is 4. The molecule has 318 valence electrons. The van der Waals surface area contributed by atoms with Crippen LogP contribution in [0.15, 0.2) is 29.6 Å². The molecule has 1 aliphatic carbocycles. The number of carbonyl (C=O) groups is 4. The van der Waals surface area contributed by atoms with Gasteiger partial charge in [-0.2, -0.15) is 0 Å². The van der Waals surface area contributed by atoms with Crippen LogP contribution in [0.25, 0.3) is 0 Å². The maximum absolute atomic E-state index is 14.4. The van der Waals surface area contributed by atoms with Crippen molar-refractivity contribution < 1.29 is 28.7 Å². The van der Waals surface area contributed by atoms with Gasteiger partial charge < -0.3 is 19.7 Å². The Morgan fingerprint density at radius 2 is 1.54 bits per heavy atom. The molecule has 2 heterocycles. The number of alkyl halides is 1. The first-order valence-corrected chi connectivity index (χ1v) is 23.8. The summed E-state index contributed by atoms with van der Waals surface area (Å²) in [5.41, 5.74) is 0.186. The Morgan fingerprint density at radius 3 is 2.18 bits per heavy atom. The van der Waals surface area contributed by atoms with E-state index in [1.54, 1.807) is 45.2 Å². The summed E-state index contributed by atoms with van der Waals surface area (Å²) in [7, 11) is 1.54. The number of benzene rings is 1. The Kier molecular flexibility index (Phi) is 19.8. The van der Waals surface area contributed by atoms with Crippen molar-refractivity contribution in [2.45, 2.75) is 173 Å². The second kappa shape index (κ2) is 24.2. The number of likely N-dealkylation sites (N-methyl/N-ethyl adjacent to an activating group) is 1. The molecule has 3 atom stereocenters. The van der Waals surface area contributed by atoms with Gasteiger partial charge >= 0.3 is 6.09 Å². The number of aromatic nitrogens is 1. The van der Waals surface area contributed by atoms with Crippen LogP contribution in [0.5, 0.6) is 5.75 Å². The molecule has 1 N–H and O–H groups in total. The molecular formula is C45H69BrN4O6S. The lowest BCUT2D eigenvalue weighted by Gasteiger charge is -2.36. The first-order valence-electron chi connectivity index (χ1n) is 21.7. The van der Waals surface area contributed by atoms with Crippen molar-refractivity contribution in [2.24, 2.45) is 5.92 Å². The fraction of sp³-hybridized carbons (Fsp3) is 0.711. The molecule has 3 amide bonds. The summed E-state index contributed by atoms with van der Waals surface area (Å²) in [5, 5.41) is 6.70. The molecule has 1 aromatic heterocycles. The number of ketones is 1. The predicted octanol–water partition coefficient (Wildman–Crippen LogP) is 10.8. The molecule has 1 saturated carbocycles. The highest BCUT2D eigenvalue weighted by Crippen LogP contribution is 2.37. The van der Waals surface area contributed by atoms with E-state index in [4.69, 9.17) is 14.5 Å². The number of nitrogens with one attached hydrogen (secondary N) is 1. The number of rotatable bonds is 23. The molecule has 4 rings (SSSR count). The highest BCUT2D eigenvalue weighted by molar-refractivity contribution is 9.09. The van der Waals surface area contributed by atoms with Gasteiger partial charge in [0.25, 0.3) is 0 Å². The number of ether oxygens (including phenoxy) is 2. The fourth-order valence-electron chi connectivity index (χ4n) is 7.83. The minimum Gasteiger partial charge on any atom is -0.494 e. The lowest BCUT2D eigenvalue weighted by molar-refractivity contribution is -0.140. The molecule has 2 aliphatic rings. The van der Waals surface area contributed by atoms with E-state index in [0.29, 0.717) is 30.2 Å². The average Bonchev–Trinajstić information content (AvgIpc) is 3.89. The minimum absolute atomic E-state index is 0.00177. The quantitative estimate of drug-likeness (QED) is 0.0671. The zero-order valence-electron chi connectivity index (χ0n) is 35.3. The van der Waals surface area contributed by atoms with Crippen molar-refractivity contribution >= 4 is 51.0 Å². The van der Waals surface area contributed by atoms with Crippen LogP contribution in [0.1, 0.15) is 177 Å². The second-order valence-electron chi connectivity index (χ2n) is 17.0. The number of hydrogen-bond donors (Lipinski definition) is 1. The van der Waals surface area contributed by atoms with E-state index in [2.05, 4.69) is 21.2 Å². The van der Waals surface area contributed by atoms with Crippen molar-refractivity contribution in [1.82, 2.24) is 20.1 Å². The molecule has 0 unspecified atom stereocenters. The van der Waals surface area contributed by atoms with Gasteiger partial charge in [-0.05, 0) is 84.3 Å². The molecule has 2 fully saturated rings. The summed E-state index contributed by atoms with van der Waals surface area (Å²) >= 11 is 4.91. The summed E-state index contributed by atoms with van der Waals surface area (Å²) in [4.78, 5) is 62.3. The predicted molar refractivity (Wildman–Crippen MR) is 232 cm³/mol. The van der Waals surface area contributed by atoms with Gasteiger partial charge in [-0.15, -0.1) is 11.3 Å². The van der Waals surface area contributed by atoms with Gasteiger partial charge in [-0.1, -0.05) is 112 Å². The lowest BCUT2D eigenvalue weighted by atomic mass is 9.83. The van der Waals surface area contributed by atoms with Crippen LogP contribution in [0.4, 0.5) is 4.79 Å². The second-order valence-corrected chi connectivity index (χ2v) is 18.7. The summed E-state index contributed by atoms with van der Waals surface area (Å²) in [5.74, 6) is -0.00243. The largest absolute Gasteiger partial charge is 0.494 e. The smallest absolute Gasteiger partial charge is 0.410 e. The molecule has 1 aromatic carbocycles. The Bertz CT molecular complexity index is 1560. The van der Waals surface area contributed by atoms with Gasteiger partial charge in [-0.3, -0.25) is 19.3 Å². The molecule has 0 bridgehead atoms. The monoisotopic (exact) mass is 872 g/mol. The van der Waals surface area contributed by atoms with E-state index >= 15 is 0 Å². The molecule has 0 radical (unpaired) electrons. The number of likely N-dealkylation sites (tertiary alicyclic amines) is 1. The van der Waals surface area contributed by atoms with E-state index in [-0.39, 0.29) is 29.6 Å². The third-order valence-corrected chi connectivity index (χ3v) is 12.8. The standard InChI is InChI=1S/C45H69BrN4O6S/c1-33(49(5)44(54)56-45(2,3)4)41(52)48-39(34-23-17-16-18-24-34)43(53)50-29-22-27-38(50)42-47-37(32-57-42)40(51)35-25-21-26-36(31-35)55-30-20-15-13-11-9-7-6-8-10-12-14-19-28-46/h21,25-26,31-34,38-39H,6-20,22-24,27-30H2,1-5H3,(H,48,52)/t33-,38-,39-/m0/s1. The zero-order chi connectivity index (χ0) is 41.2. The van der Waals surface area contributed by atoms with Crippen molar-refractivity contribution in [2.75, 3.05) is 25.5 Å². The highest BCUT2D eigenvalue weighted by Gasteiger charge is 2.41. The summed E-state index contributed by atoms with van der Waals surface area (Å²) < 4.78 is 11.5. The minimum atomic E-state index is -0.831. The fourth-order valence-corrected chi connectivity index (χ4v) is 9.17. The van der Waals surface area contributed by atoms with Crippen LogP contribution in [0.2, 0.25) is 0 Å². The summed E-state index contributed by atoms with van der Waals surface area (Å²) in [6.07, 6.45) is 21.1. The third-order valence-electron chi connectivity index (χ3n) is 11.3. The van der Waals surface area contributed by atoms with Crippen LogP contribution in [-0.4, -0.2) is 81.7 Å². The van der Waals surface area contributed by atoms with Crippen LogP contribution < -0.4 is 10.1 Å². The number of nitrogens with zero attached hydrogens (tertiary/aromatic N) is 3. The van der Waals surface area contributed by atoms with Crippen molar-refractivity contribution in [3.63, 3.8) is 0 Å². The van der Waals surface area contributed by atoms with Gasteiger partial charge in [0.2, 0.25) is 17.6 Å². The molecule has 12 heteroatoms. The molecular weight excluding hydrogens is 804 g/mol. The normalized spacial score (nSPS) is 17.2. The third kappa shape index (κ3) is 15.3. The zero-order valence-corrected chi connectivity index (χ0v) is 37.7. The maximum Gasteiger partial charge on any atom is 0.410 e. The lowest BCUT2D eigenvalue weighted by Crippen LogP contribution is -2.56. The Morgan fingerprint density at radius 1 is 0.912 bits per heavy atom. The summed E-state index contributed by atoms with van der Waals surface area (Å²) in [6, 6.07) is 5.51. The van der Waals surface area contributed by atoms with Gasteiger partial charge in [-0.25, -0.2) is 9.78 Å². The van der Waals surface area contributed by atoms with E-state index < -0.39 is 23.8 Å². The van der Waals surface area contributed by atoms with E-state index in [1.165, 1.54) is 87.5 Å². The molecule has 57 heavy (non-hydrogen) atoms. The average molecular weight is 874 g/mol. The van der Waals surface area contributed by atoms with E-state index in [1.807, 2.05) is 17.0 Å². The van der Waals surface area contributed by atoms with Gasteiger partial charge in [0.15, 0.2) is 0 Å². The number of amides is 3. The van der Waals surface area contributed by atoms with Crippen LogP contribution in [0, 0.1) is 5.92 Å². The SMILES string of the molecule is C[C@@H](C(=O)N[C@H](C(=O)N1CCC[C@H]1c1nc(C(=O)c2cccc(OCCCCCCCCCCCCCCBr)c2)cs1)C1CCCCC1)N(C)C(=O)OC(C)(C)C. The molecule has 10 nitrogen and oxygen atoms in total. The topological polar surface area (TPSA) is 118 Å². The Labute approximate surface area is 354 Å². The Hall–Kier alpha value is -2.99. The number of halogens is 1. The first kappa shape index (κ1) is 46.7. The van der Waals surface area contributed by atoms with E-state index in [0.717, 1.165) is 68.1 Å². The van der Waals surface area contributed by atoms with Crippen LogP contribution in [-0.2, 0) is 14.3 Å². The van der Waals surface area contributed by atoms with Gasteiger partial charge in [0.05, 0.1) is 12.6 Å². The van der Waals surface area contributed by atoms with Crippen LogP contribution >= 0.6 is 27.3 Å².